The summed E-state index contributed by atoms with van der Waals surface area (Å²) in [4.78, 5) is 12.1. The van der Waals surface area contributed by atoms with E-state index in [0.29, 0.717) is 16.3 Å². The minimum atomic E-state index is -0.433. The molecule has 0 aliphatic heterocycles. The first-order valence-electron chi connectivity index (χ1n) is 7.06. The largest absolute Gasteiger partial charge is 0.508 e. The standard InChI is InChI=1S/C17H13ClN4O2/c18-14-7-2-1-6-13(14)15-9-16(21-20-15)17(24)22-19-10-11-4-3-5-12(23)8-11/h1-10,23H,(H,20,21)(H,22,24)/b19-10-. The number of aromatic hydroxyl groups is 1. The van der Waals surface area contributed by atoms with Crippen LogP contribution in [0.2, 0.25) is 5.02 Å². The highest BCUT2D eigenvalue weighted by Crippen LogP contribution is 2.26. The zero-order valence-corrected chi connectivity index (χ0v) is 13.2. The van der Waals surface area contributed by atoms with Gasteiger partial charge in [0, 0.05) is 5.56 Å². The van der Waals surface area contributed by atoms with Gasteiger partial charge in [0.1, 0.15) is 11.4 Å². The summed E-state index contributed by atoms with van der Waals surface area (Å²) >= 11 is 6.11. The van der Waals surface area contributed by atoms with Crippen molar-refractivity contribution in [3.05, 3.63) is 70.9 Å². The topological polar surface area (TPSA) is 90.4 Å². The molecule has 0 aliphatic carbocycles. The Morgan fingerprint density at radius 2 is 2.04 bits per heavy atom. The van der Waals surface area contributed by atoms with Crippen molar-refractivity contribution in [3.63, 3.8) is 0 Å². The van der Waals surface area contributed by atoms with Gasteiger partial charge in [0.05, 0.1) is 16.9 Å². The molecule has 0 atom stereocenters. The van der Waals surface area contributed by atoms with E-state index in [9.17, 15) is 9.90 Å². The van der Waals surface area contributed by atoms with Crippen molar-refractivity contribution in [2.45, 2.75) is 0 Å². The maximum absolute atomic E-state index is 12.1. The molecule has 3 rings (SSSR count). The van der Waals surface area contributed by atoms with Gasteiger partial charge in [-0.05, 0) is 29.8 Å². The Hall–Kier alpha value is -3.12. The lowest BCUT2D eigenvalue weighted by Gasteiger charge is -1.98. The molecule has 0 fully saturated rings. The normalized spacial score (nSPS) is 10.9. The molecule has 0 saturated carbocycles. The van der Waals surface area contributed by atoms with Crippen LogP contribution in [0.25, 0.3) is 11.3 Å². The highest BCUT2D eigenvalue weighted by molar-refractivity contribution is 6.33. The average molecular weight is 341 g/mol. The van der Waals surface area contributed by atoms with Crippen LogP contribution in [-0.2, 0) is 0 Å². The molecule has 3 N–H and O–H groups in total. The molecule has 3 aromatic rings. The van der Waals surface area contributed by atoms with Crippen molar-refractivity contribution in [1.82, 2.24) is 15.6 Å². The van der Waals surface area contributed by atoms with Crippen LogP contribution in [0.15, 0.2) is 59.7 Å². The summed E-state index contributed by atoms with van der Waals surface area (Å²) in [6.45, 7) is 0. The number of amides is 1. The molecule has 0 radical (unpaired) electrons. The molecule has 6 nitrogen and oxygen atoms in total. The summed E-state index contributed by atoms with van der Waals surface area (Å²) in [6.07, 6.45) is 1.43. The van der Waals surface area contributed by atoms with Crippen molar-refractivity contribution in [1.29, 1.82) is 0 Å². The summed E-state index contributed by atoms with van der Waals surface area (Å²) in [7, 11) is 0. The van der Waals surface area contributed by atoms with Gasteiger partial charge in [0.2, 0.25) is 0 Å². The second kappa shape index (κ2) is 6.97. The monoisotopic (exact) mass is 340 g/mol. The average Bonchev–Trinajstić information content (AvgIpc) is 3.05. The molecule has 2 aromatic carbocycles. The van der Waals surface area contributed by atoms with E-state index in [4.69, 9.17) is 11.6 Å². The number of carbonyl (C=O) groups is 1. The lowest BCUT2D eigenvalue weighted by atomic mass is 10.1. The Morgan fingerprint density at radius 1 is 1.21 bits per heavy atom. The van der Waals surface area contributed by atoms with Gasteiger partial charge in [-0.25, -0.2) is 5.43 Å². The summed E-state index contributed by atoms with van der Waals surface area (Å²) in [6, 6.07) is 15.4. The number of hydrazone groups is 1. The van der Waals surface area contributed by atoms with Gasteiger partial charge in [-0.3, -0.25) is 9.89 Å². The molecule has 7 heteroatoms. The third-order valence-corrected chi connectivity index (χ3v) is 3.55. The van der Waals surface area contributed by atoms with Crippen molar-refractivity contribution >= 4 is 23.7 Å². The molecule has 24 heavy (non-hydrogen) atoms. The Labute approximate surface area is 142 Å². The van der Waals surface area contributed by atoms with E-state index >= 15 is 0 Å². The molecule has 0 aliphatic rings. The second-order valence-corrected chi connectivity index (χ2v) is 5.35. The van der Waals surface area contributed by atoms with Crippen LogP contribution in [0.1, 0.15) is 16.1 Å². The first-order valence-corrected chi connectivity index (χ1v) is 7.44. The van der Waals surface area contributed by atoms with Gasteiger partial charge in [0.25, 0.3) is 5.91 Å². The van der Waals surface area contributed by atoms with Crippen molar-refractivity contribution in [2.24, 2.45) is 5.10 Å². The Balaban J connectivity index is 1.69. The number of hydrogen-bond donors (Lipinski definition) is 3. The molecule has 1 heterocycles. The molecular formula is C17H13ClN4O2. The van der Waals surface area contributed by atoms with Crippen LogP contribution in [-0.4, -0.2) is 27.4 Å². The number of benzene rings is 2. The van der Waals surface area contributed by atoms with E-state index in [-0.39, 0.29) is 11.4 Å². The van der Waals surface area contributed by atoms with Crippen molar-refractivity contribution in [2.75, 3.05) is 0 Å². The minimum absolute atomic E-state index is 0.128. The predicted octanol–water partition coefficient (Wildman–Crippen LogP) is 3.20. The fourth-order valence-electron chi connectivity index (χ4n) is 2.08. The number of halogens is 1. The predicted molar refractivity (Wildman–Crippen MR) is 92.2 cm³/mol. The maximum atomic E-state index is 12.1. The third kappa shape index (κ3) is 3.61. The number of nitrogens with zero attached hydrogens (tertiary/aromatic N) is 2. The second-order valence-electron chi connectivity index (χ2n) is 4.94. The van der Waals surface area contributed by atoms with Crippen LogP contribution < -0.4 is 5.43 Å². The molecule has 1 amide bonds. The maximum Gasteiger partial charge on any atom is 0.289 e. The highest BCUT2D eigenvalue weighted by Gasteiger charge is 2.12. The first-order chi connectivity index (χ1) is 11.6. The fourth-order valence-corrected chi connectivity index (χ4v) is 2.31. The lowest BCUT2D eigenvalue weighted by molar-refractivity contribution is 0.0950. The van der Waals surface area contributed by atoms with E-state index in [1.54, 1.807) is 30.3 Å². The zero-order chi connectivity index (χ0) is 16.9. The van der Waals surface area contributed by atoms with E-state index in [1.807, 2.05) is 18.2 Å². The summed E-state index contributed by atoms with van der Waals surface area (Å²) in [5, 5.41) is 20.5. The highest BCUT2D eigenvalue weighted by atomic mass is 35.5. The van der Waals surface area contributed by atoms with Gasteiger partial charge >= 0.3 is 0 Å². The summed E-state index contributed by atoms with van der Waals surface area (Å²) in [5.41, 5.74) is 4.62. The Kier molecular flexibility index (Phi) is 4.58. The van der Waals surface area contributed by atoms with Gasteiger partial charge in [-0.1, -0.05) is 41.9 Å². The number of phenolic OH excluding ortho intramolecular Hbond substituents is 1. The number of rotatable bonds is 4. The van der Waals surface area contributed by atoms with E-state index in [0.717, 1.165) is 5.56 Å². The first kappa shape index (κ1) is 15.8. The quantitative estimate of drug-likeness (QED) is 0.503. The lowest BCUT2D eigenvalue weighted by Crippen LogP contribution is -2.17. The zero-order valence-electron chi connectivity index (χ0n) is 12.4. The van der Waals surface area contributed by atoms with E-state index in [2.05, 4.69) is 20.7 Å². The molecular weight excluding hydrogens is 328 g/mol. The Morgan fingerprint density at radius 3 is 2.83 bits per heavy atom. The minimum Gasteiger partial charge on any atom is -0.508 e. The van der Waals surface area contributed by atoms with Gasteiger partial charge in [-0.2, -0.15) is 10.2 Å². The van der Waals surface area contributed by atoms with Crippen LogP contribution >= 0.6 is 11.6 Å². The number of aromatic amines is 1. The van der Waals surface area contributed by atoms with Crippen LogP contribution in [0.3, 0.4) is 0 Å². The SMILES string of the molecule is O=C(N/N=C\c1cccc(O)c1)c1cc(-c2ccccc2Cl)n[nH]1. The molecule has 120 valence electrons. The van der Waals surface area contributed by atoms with Crippen molar-refractivity contribution in [3.8, 4) is 17.0 Å². The number of H-pyrrole nitrogens is 1. The number of carbonyl (C=O) groups excluding carboxylic acids is 1. The van der Waals surface area contributed by atoms with Gasteiger partial charge in [-0.15, -0.1) is 0 Å². The van der Waals surface area contributed by atoms with E-state index in [1.165, 1.54) is 12.3 Å². The van der Waals surface area contributed by atoms with Gasteiger partial charge in [0.15, 0.2) is 0 Å². The summed E-state index contributed by atoms with van der Waals surface area (Å²) in [5.74, 6) is -0.305. The van der Waals surface area contributed by atoms with Crippen LogP contribution in [0.5, 0.6) is 5.75 Å². The number of aromatic nitrogens is 2. The molecule has 0 spiro atoms. The summed E-state index contributed by atoms with van der Waals surface area (Å²) < 4.78 is 0. The van der Waals surface area contributed by atoms with Crippen LogP contribution in [0, 0.1) is 0 Å². The molecule has 1 aromatic heterocycles. The molecule has 0 bridgehead atoms. The molecule has 0 saturated heterocycles. The van der Waals surface area contributed by atoms with Crippen LogP contribution in [0.4, 0.5) is 0 Å². The fraction of sp³-hybridized carbons (Fsp3) is 0. The van der Waals surface area contributed by atoms with E-state index < -0.39 is 5.91 Å². The number of hydrogen-bond acceptors (Lipinski definition) is 4. The number of nitrogens with one attached hydrogen (secondary N) is 2. The number of phenols is 1. The Bertz CT molecular complexity index is 905. The smallest absolute Gasteiger partial charge is 0.289 e. The molecule has 0 unspecified atom stereocenters. The van der Waals surface area contributed by atoms with Gasteiger partial charge < -0.3 is 5.11 Å². The van der Waals surface area contributed by atoms with Crippen molar-refractivity contribution < 1.29 is 9.90 Å². The third-order valence-electron chi connectivity index (χ3n) is 3.22.